The van der Waals surface area contributed by atoms with Crippen LogP contribution in [0.5, 0.6) is 0 Å². The molecule has 1 rings (SSSR count). The third-order valence-electron chi connectivity index (χ3n) is 2.60. The molecule has 0 unspecified atom stereocenters. The van der Waals surface area contributed by atoms with Crippen molar-refractivity contribution in [1.29, 1.82) is 0 Å². The minimum atomic E-state index is -0.483. The quantitative estimate of drug-likeness (QED) is 0.475. The van der Waals surface area contributed by atoms with E-state index in [1.165, 1.54) is 9.80 Å². The van der Waals surface area contributed by atoms with E-state index in [2.05, 4.69) is 0 Å². The van der Waals surface area contributed by atoms with Gasteiger partial charge in [0.1, 0.15) is 0 Å². The summed E-state index contributed by atoms with van der Waals surface area (Å²) >= 11 is 0. The standard InChI is InChI=1S/C11H20N2O4/c1-4-16-9(17-5-2)8-13-7-6-12(3)10(14)11(13)15/h9H,4-8H2,1-3H3. The van der Waals surface area contributed by atoms with Crippen molar-refractivity contribution in [2.45, 2.75) is 20.1 Å². The lowest BCUT2D eigenvalue weighted by Crippen LogP contribution is -2.54. The van der Waals surface area contributed by atoms with Gasteiger partial charge in [0, 0.05) is 33.4 Å². The SMILES string of the molecule is CCOC(CN1CCN(C)C(=O)C1=O)OCC. The molecule has 17 heavy (non-hydrogen) atoms. The molecule has 0 atom stereocenters. The maximum absolute atomic E-state index is 11.7. The topological polar surface area (TPSA) is 59.1 Å². The number of carbonyl (C=O) groups excluding carboxylic acids is 2. The summed E-state index contributed by atoms with van der Waals surface area (Å²) in [6.07, 6.45) is -0.454. The first-order valence-electron chi connectivity index (χ1n) is 5.87. The van der Waals surface area contributed by atoms with E-state index >= 15 is 0 Å². The molecular weight excluding hydrogens is 224 g/mol. The van der Waals surface area contributed by atoms with Crippen LogP contribution in [0.15, 0.2) is 0 Å². The van der Waals surface area contributed by atoms with Gasteiger partial charge in [-0.1, -0.05) is 0 Å². The van der Waals surface area contributed by atoms with E-state index < -0.39 is 18.1 Å². The minimum Gasteiger partial charge on any atom is -0.351 e. The van der Waals surface area contributed by atoms with Gasteiger partial charge in [0.05, 0.1) is 6.54 Å². The Balaban J connectivity index is 2.54. The van der Waals surface area contributed by atoms with Gasteiger partial charge in [-0.15, -0.1) is 0 Å². The number of hydrogen-bond donors (Lipinski definition) is 0. The highest BCUT2D eigenvalue weighted by Gasteiger charge is 2.31. The summed E-state index contributed by atoms with van der Waals surface area (Å²) in [6.45, 7) is 6.14. The number of carbonyl (C=O) groups is 2. The summed E-state index contributed by atoms with van der Waals surface area (Å²) in [5.74, 6) is -0.953. The molecule has 0 aromatic carbocycles. The maximum Gasteiger partial charge on any atom is 0.312 e. The van der Waals surface area contributed by atoms with E-state index in [4.69, 9.17) is 9.47 Å². The predicted octanol–water partition coefficient (Wildman–Crippen LogP) is -0.314. The lowest BCUT2D eigenvalue weighted by molar-refractivity contribution is -0.169. The van der Waals surface area contributed by atoms with Gasteiger partial charge in [-0.25, -0.2) is 0 Å². The van der Waals surface area contributed by atoms with Gasteiger partial charge in [-0.3, -0.25) is 9.59 Å². The van der Waals surface area contributed by atoms with E-state index in [1.807, 2.05) is 13.8 Å². The first kappa shape index (κ1) is 13.9. The largest absolute Gasteiger partial charge is 0.351 e. The van der Waals surface area contributed by atoms with Crippen molar-refractivity contribution in [3.8, 4) is 0 Å². The van der Waals surface area contributed by atoms with Crippen LogP contribution in [0, 0.1) is 0 Å². The first-order valence-corrected chi connectivity index (χ1v) is 5.87. The highest BCUT2D eigenvalue weighted by molar-refractivity contribution is 6.35. The van der Waals surface area contributed by atoms with Gasteiger partial charge in [0.25, 0.3) is 0 Å². The van der Waals surface area contributed by atoms with E-state index in [9.17, 15) is 9.59 Å². The van der Waals surface area contributed by atoms with Crippen molar-refractivity contribution in [3.63, 3.8) is 0 Å². The second-order valence-corrected chi connectivity index (χ2v) is 3.82. The molecular formula is C11H20N2O4. The van der Waals surface area contributed by atoms with E-state index in [1.54, 1.807) is 7.05 Å². The molecule has 0 N–H and O–H groups in total. The Hall–Kier alpha value is -1.14. The predicted molar refractivity (Wildman–Crippen MR) is 61.3 cm³/mol. The zero-order chi connectivity index (χ0) is 12.8. The van der Waals surface area contributed by atoms with Crippen molar-refractivity contribution in [1.82, 2.24) is 9.80 Å². The number of rotatable bonds is 6. The molecule has 6 heteroatoms. The fraction of sp³-hybridized carbons (Fsp3) is 0.818. The zero-order valence-electron chi connectivity index (χ0n) is 10.6. The Labute approximate surface area is 101 Å². The average Bonchev–Trinajstić information content (AvgIpc) is 2.30. The van der Waals surface area contributed by atoms with Crippen LogP contribution in [0.1, 0.15) is 13.8 Å². The van der Waals surface area contributed by atoms with Crippen LogP contribution in [0.4, 0.5) is 0 Å². The van der Waals surface area contributed by atoms with Crippen LogP contribution in [0.2, 0.25) is 0 Å². The van der Waals surface area contributed by atoms with Gasteiger partial charge < -0.3 is 19.3 Å². The summed E-state index contributed by atoms with van der Waals surface area (Å²) in [5.41, 5.74) is 0. The monoisotopic (exact) mass is 244 g/mol. The fourth-order valence-electron chi connectivity index (χ4n) is 1.65. The molecule has 2 amide bonds. The van der Waals surface area contributed by atoms with E-state index in [0.29, 0.717) is 32.8 Å². The van der Waals surface area contributed by atoms with Crippen molar-refractivity contribution < 1.29 is 19.1 Å². The second kappa shape index (κ2) is 6.56. The molecule has 1 fully saturated rings. The zero-order valence-corrected chi connectivity index (χ0v) is 10.6. The van der Waals surface area contributed by atoms with Crippen molar-refractivity contribution in [2.24, 2.45) is 0 Å². The van der Waals surface area contributed by atoms with Crippen LogP contribution in [0.25, 0.3) is 0 Å². The van der Waals surface area contributed by atoms with Crippen LogP contribution >= 0.6 is 0 Å². The molecule has 98 valence electrons. The van der Waals surface area contributed by atoms with Gasteiger partial charge in [-0.2, -0.15) is 0 Å². The third-order valence-corrected chi connectivity index (χ3v) is 2.60. The lowest BCUT2D eigenvalue weighted by Gasteiger charge is -2.33. The average molecular weight is 244 g/mol. The molecule has 0 aliphatic carbocycles. The molecule has 0 bridgehead atoms. The summed E-state index contributed by atoms with van der Waals surface area (Å²) in [7, 11) is 1.63. The molecule has 6 nitrogen and oxygen atoms in total. The summed E-state index contributed by atoms with van der Waals surface area (Å²) < 4.78 is 10.7. The van der Waals surface area contributed by atoms with Crippen LogP contribution in [-0.2, 0) is 19.1 Å². The Morgan fingerprint density at radius 3 is 2.24 bits per heavy atom. The van der Waals surface area contributed by atoms with Crippen LogP contribution in [-0.4, -0.2) is 67.8 Å². The van der Waals surface area contributed by atoms with E-state index in [0.717, 1.165) is 0 Å². The molecule has 1 aliphatic rings. The highest BCUT2D eigenvalue weighted by Crippen LogP contribution is 2.06. The Bertz CT molecular complexity index is 277. The molecule has 0 radical (unpaired) electrons. The minimum absolute atomic E-state index is 0.306. The van der Waals surface area contributed by atoms with Gasteiger partial charge in [-0.05, 0) is 13.8 Å². The molecule has 0 saturated carbocycles. The number of hydrogen-bond acceptors (Lipinski definition) is 4. The van der Waals surface area contributed by atoms with Gasteiger partial charge in [0.15, 0.2) is 6.29 Å². The number of likely N-dealkylation sites (N-methyl/N-ethyl adjacent to an activating group) is 1. The van der Waals surface area contributed by atoms with Crippen molar-refractivity contribution in [2.75, 3.05) is 39.9 Å². The molecule has 0 aromatic heterocycles. The summed E-state index contributed by atoms with van der Waals surface area (Å²) in [4.78, 5) is 26.1. The Kier molecular flexibility index (Phi) is 5.37. The number of piperazine rings is 1. The normalized spacial score (nSPS) is 17.2. The molecule has 1 heterocycles. The van der Waals surface area contributed by atoms with Crippen molar-refractivity contribution in [3.05, 3.63) is 0 Å². The number of amides is 2. The Morgan fingerprint density at radius 1 is 1.12 bits per heavy atom. The van der Waals surface area contributed by atoms with Crippen molar-refractivity contribution >= 4 is 11.8 Å². The smallest absolute Gasteiger partial charge is 0.312 e. The van der Waals surface area contributed by atoms with Crippen LogP contribution in [0.3, 0.4) is 0 Å². The summed E-state index contributed by atoms with van der Waals surface area (Å²) in [5, 5.41) is 0. The van der Waals surface area contributed by atoms with Gasteiger partial charge in [0.2, 0.25) is 0 Å². The lowest BCUT2D eigenvalue weighted by atomic mass is 10.3. The second-order valence-electron chi connectivity index (χ2n) is 3.82. The number of ether oxygens (including phenoxy) is 2. The molecule has 0 spiro atoms. The molecule has 0 aromatic rings. The fourth-order valence-corrected chi connectivity index (χ4v) is 1.65. The highest BCUT2D eigenvalue weighted by atomic mass is 16.7. The Morgan fingerprint density at radius 2 is 1.71 bits per heavy atom. The van der Waals surface area contributed by atoms with E-state index in [-0.39, 0.29) is 0 Å². The van der Waals surface area contributed by atoms with Gasteiger partial charge >= 0.3 is 11.8 Å². The van der Waals surface area contributed by atoms with Crippen LogP contribution < -0.4 is 0 Å². The first-order chi connectivity index (χ1) is 8.10. The third kappa shape index (κ3) is 3.67. The molecule has 1 saturated heterocycles. The summed E-state index contributed by atoms with van der Waals surface area (Å²) in [6, 6.07) is 0. The molecule has 1 aliphatic heterocycles. The maximum atomic E-state index is 11.7. The number of nitrogens with zero attached hydrogens (tertiary/aromatic N) is 2.